The van der Waals surface area contributed by atoms with Gasteiger partial charge in [0.05, 0.1) is 17.7 Å². The van der Waals surface area contributed by atoms with Crippen molar-refractivity contribution in [1.82, 2.24) is 0 Å². The monoisotopic (exact) mass is 570 g/mol. The fourth-order valence-corrected chi connectivity index (χ4v) is 3.57. The Balaban J connectivity index is 1.71. The van der Waals surface area contributed by atoms with E-state index in [1.807, 2.05) is 48.5 Å². The van der Waals surface area contributed by atoms with E-state index in [1.54, 1.807) is 25.1 Å². The molecule has 0 fully saturated rings. The largest absolute Gasteiger partial charge is 0.462 e. The van der Waals surface area contributed by atoms with E-state index in [0.717, 1.165) is 25.5 Å². The number of fused-ring (bicyclic) bond motifs is 1. The van der Waals surface area contributed by atoms with E-state index in [0.29, 0.717) is 22.5 Å². The number of rotatable bonds is 2. The summed E-state index contributed by atoms with van der Waals surface area (Å²) in [6.45, 7) is 2.05. The zero-order chi connectivity index (χ0) is 23.9. The van der Waals surface area contributed by atoms with Crippen molar-refractivity contribution in [2.45, 2.75) is 6.92 Å². The van der Waals surface area contributed by atoms with Crippen LogP contribution in [0, 0.1) is 35.5 Å². The third-order valence-electron chi connectivity index (χ3n) is 4.61. The van der Waals surface area contributed by atoms with Crippen molar-refractivity contribution in [3.63, 3.8) is 0 Å². The summed E-state index contributed by atoms with van der Waals surface area (Å²) in [4.78, 5) is 12.4. The number of ether oxygens (including phenoxy) is 1. The summed E-state index contributed by atoms with van der Waals surface area (Å²) in [7, 11) is 0. The molecule has 5 heteroatoms. The first kappa shape index (κ1) is 23.5. The van der Waals surface area contributed by atoms with Gasteiger partial charge in [-0.2, -0.15) is 0 Å². The second kappa shape index (κ2) is 11.0. The molecule has 0 atom stereocenters. The molecule has 0 N–H and O–H groups in total. The van der Waals surface area contributed by atoms with Crippen LogP contribution in [0.2, 0.25) is 0 Å². The molecule has 4 rings (SSSR count). The molecule has 3 nitrogen and oxygen atoms in total. The maximum atomic E-state index is 12.4. The Kier molecular flexibility index (Phi) is 7.56. The molecule has 0 saturated heterocycles. The van der Waals surface area contributed by atoms with E-state index >= 15 is 0 Å². The summed E-state index contributed by atoms with van der Waals surface area (Å²) in [5, 5.41) is 0.718. The van der Waals surface area contributed by atoms with E-state index in [4.69, 9.17) is 9.15 Å². The van der Waals surface area contributed by atoms with Crippen LogP contribution in [-0.4, -0.2) is 12.6 Å². The van der Waals surface area contributed by atoms with Gasteiger partial charge >= 0.3 is 5.97 Å². The number of halogens is 2. The molecule has 0 amide bonds. The summed E-state index contributed by atoms with van der Waals surface area (Å²) in [6, 6.07) is 20.5. The van der Waals surface area contributed by atoms with Crippen LogP contribution in [0.25, 0.3) is 11.0 Å². The first-order chi connectivity index (χ1) is 16.5. The van der Waals surface area contributed by atoms with Gasteiger partial charge in [0.25, 0.3) is 0 Å². The number of hydrogen-bond donors (Lipinski definition) is 0. The van der Waals surface area contributed by atoms with E-state index in [-0.39, 0.29) is 6.61 Å². The molecule has 0 saturated carbocycles. The zero-order valence-corrected chi connectivity index (χ0v) is 21.2. The van der Waals surface area contributed by atoms with Crippen LogP contribution < -0.4 is 0 Å². The SMILES string of the molecule is CCOC(=O)c1cc(C#CC#Cc2ccc(Br)cc2)c2oc(C#Cc3ccc(Br)cc3)cc2c1. The van der Waals surface area contributed by atoms with E-state index < -0.39 is 5.97 Å². The predicted octanol–water partition coefficient (Wildman–Crippen LogP) is 6.94. The highest BCUT2D eigenvalue weighted by molar-refractivity contribution is 9.10. The molecule has 0 aliphatic heterocycles. The van der Waals surface area contributed by atoms with Crippen molar-refractivity contribution >= 4 is 48.8 Å². The second-order valence-electron chi connectivity index (χ2n) is 7.04. The van der Waals surface area contributed by atoms with Gasteiger partial charge in [0.15, 0.2) is 11.3 Å². The summed E-state index contributed by atoms with van der Waals surface area (Å²) in [6.07, 6.45) is 0. The molecule has 0 bridgehead atoms. The van der Waals surface area contributed by atoms with Gasteiger partial charge in [0.2, 0.25) is 0 Å². The van der Waals surface area contributed by atoms with Gasteiger partial charge in [0, 0.05) is 31.5 Å². The molecular weight excluding hydrogens is 556 g/mol. The van der Waals surface area contributed by atoms with E-state index in [2.05, 4.69) is 67.4 Å². The average Bonchev–Trinajstić information content (AvgIpc) is 3.26. The summed E-state index contributed by atoms with van der Waals surface area (Å²) in [5.74, 6) is 17.9. The lowest BCUT2D eigenvalue weighted by atomic mass is 10.1. The van der Waals surface area contributed by atoms with E-state index in [9.17, 15) is 4.79 Å². The summed E-state index contributed by atoms with van der Waals surface area (Å²) in [5.41, 5.74) is 3.20. The molecule has 4 aromatic rings. The molecule has 0 aliphatic rings. The molecule has 0 spiro atoms. The summed E-state index contributed by atoms with van der Waals surface area (Å²) >= 11 is 6.82. The highest BCUT2D eigenvalue weighted by Crippen LogP contribution is 2.25. The first-order valence-corrected chi connectivity index (χ1v) is 11.9. The third kappa shape index (κ3) is 6.00. The number of furan rings is 1. The maximum Gasteiger partial charge on any atom is 0.338 e. The Labute approximate surface area is 214 Å². The smallest absolute Gasteiger partial charge is 0.338 e. The standard InChI is InChI=1S/C29H16Br2O3/c1-2-33-29(32)24-17-22(6-4-3-5-20-7-12-25(30)13-8-20)28-23(18-24)19-27(34-28)16-11-21-9-14-26(31)15-10-21/h7-10,12-15,17-19H,2H2,1H3. The Morgan fingerprint density at radius 1 is 0.824 bits per heavy atom. The minimum atomic E-state index is -0.419. The molecule has 0 unspecified atom stereocenters. The van der Waals surface area contributed by atoms with Crippen molar-refractivity contribution in [3.05, 3.63) is 104 Å². The van der Waals surface area contributed by atoms with Gasteiger partial charge in [-0.25, -0.2) is 4.79 Å². The lowest BCUT2D eigenvalue weighted by Gasteiger charge is -2.02. The van der Waals surface area contributed by atoms with Gasteiger partial charge in [0.1, 0.15) is 0 Å². The normalized spacial score (nSPS) is 9.74. The molecule has 0 radical (unpaired) electrons. The molecule has 1 heterocycles. The van der Waals surface area contributed by atoms with Crippen molar-refractivity contribution in [3.8, 4) is 35.5 Å². The van der Waals surface area contributed by atoms with Crippen molar-refractivity contribution in [2.75, 3.05) is 6.61 Å². The molecule has 164 valence electrons. The zero-order valence-electron chi connectivity index (χ0n) is 18.0. The van der Waals surface area contributed by atoms with Crippen LogP contribution in [0.4, 0.5) is 0 Å². The van der Waals surface area contributed by atoms with Crippen LogP contribution in [0.3, 0.4) is 0 Å². The number of hydrogen-bond acceptors (Lipinski definition) is 3. The molecular formula is C29H16Br2O3. The molecule has 0 aliphatic carbocycles. The van der Waals surface area contributed by atoms with Crippen molar-refractivity contribution in [1.29, 1.82) is 0 Å². The van der Waals surface area contributed by atoms with Crippen LogP contribution in [0.1, 0.15) is 39.7 Å². The van der Waals surface area contributed by atoms with Gasteiger partial charge in [-0.1, -0.05) is 43.7 Å². The lowest BCUT2D eigenvalue weighted by Crippen LogP contribution is -2.04. The Morgan fingerprint density at radius 3 is 2.09 bits per heavy atom. The molecule has 1 aromatic heterocycles. The molecule has 34 heavy (non-hydrogen) atoms. The fourth-order valence-electron chi connectivity index (χ4n) is 3.04. The predicted molar refractivity (Wildman–Crippen MR) is 140 cm³/mol. The van der Waals surface area contributed by atoms with Gasteiger partial charge in [-0.15, -0.1) is 0 Å². The van der Waals surface area contributed by atoms with Crippen LogP contribution >= 0.6 is 31.9 Å². The number of carbonyl (C=O) groups is 1. The highest BCUT2D eigenvalue weighted by Gasteiger charge is 2.14. The highest BCUT2D eigenvalue weighted by atomic mass is 79.9. The number of esters is 1. The minimum Gasteiger partial charge on any atom is -0.462 e. The third-order valence-corrected chi connectivity index (χ3v) is 5.67. The van der Waals surface area contributed by atoms with Crippen LogP contribution in [-0.2, 0) is 4.74 Å². The summed E-state index contributed by atoms with van der Waals surface area (Å²) < 4.78 is 13.1. The molecule has 3 aromatic carbocycles. The minimum absolute atomic E-state index is 0.284. The van der Waals surface area contributed by atoms with E-state index in [1.165, 1.54) is 0 Å². The lowest BCUT2D eigenvalue weighted by molar-refractivity contribution is 0.0526. The van der Waals surface area contributed by atoms with Crippen LogP contribution in [0.15, 0.2) is 80.1 Å². The first-order valence-electron chi connectivity index (χ1n) is 10.3. The quantitative estimate of drug-likeness (QED) is 0.193. The maximum absolute atomic E-state index is 12.4. The van der Waals surface area contributed by atoms with Crippen molar-refractivity contribution < 1.29 is 13.9 Å². The second-order valence-corrected chi connectivity index (χ2v) is 8.87. The topological polar surface area (TPSA) is 39.4 Å². The van der Waals surface area contributed by atoms with Crippen molar-refractivity contribution in [2.24, 2.45) is 0 Å². The Hall–Kier alpha value is -3.69. The number of carbonyl (C=O) groups excluding carboxylic acids is 1. The number of benzene rings is 3. The van der Waals surface area contributed by atoms with Gasteiger partial charge in [-0.3, -0.25) is 0 Å². The average molecular weight is 572 g/mol. The van der Waals surface area contributed by atoms with Gasteiger partial charge < -0.3 is 9.15 Å². The fraction of sp³-hybridized carbons (Fsp3) is 0.0690. The Bertz CT molecular complexity index is 1540. The van der Waals surface area contributed by atoms with Crippen LogP contribution in [0.5, 0.6) is 0 Å². The Morgan fingerprint density at radius 2 is 1.44 bits per heavy atom. The van der Waals surface area contributed by atoms with Gasteiger partial charge in [-0.05, 0) is 91.3 Å².